The van der Waals surface area contributed by atoms with Crippen molar-refractivity contribution in [3.8, 4) is 0 Å². The van der Waals surface area contributed by atoms with Crippen LogP contribution >= 0.6 is 0 Å². The number of amides is 2. The zero-order valence-electron chi connectivity index (χ0n) is 11.6. The molecule has 0 aliphatic carbocycles. The minimum absolute atomic E-state index is 0.150. The van der Waals surface area contributed by atoms with Crippen LogP contribution in [-0.4, -0.2) is 32.8 Å². The molecule has 0 fully saturated rings. The molecule has 0 spiro atoms. The highest BCUT2D eigenvalue weighted by Gasteiger charge is 2.39. The van der Waals surface area contributed by atoms with Crippen molar-refractivity contribution in [3.05, 3.63) is 65.5 Å². The Balaban J connectivity index is 1.65. The monoisotopic (exact) mass is 307 g/mol. The molecule has 112 valence electrons. The minimum Gasteiger partial charge on any atom is -0.359 e. The molecule has 1 aliphatic heterocycles. The van der Waals surface area contributed by atoms with Gasteiger partial charge in [0.1, 0.15) is 11.1 Å². The van der Waals surface area contributed by atoms with Gasteiger partial charge in [-0.25, -0.2) is 4.79 Å². The molecular weight excluding hydrogens is 298 g/mol. The highest BCUT2D eigenvalue weighted by atomic mass is 16.7. The fourth-order valence-electron chi connectivity index (χ4n) is 2.49. The summed E-state index contributed by atoms with van der Waals surface area (Å²) in [4.78, 5) is 48.6. The van der Waals surface area contributed by atoms with E-state index >= 15 is 0 Å². The molecule has 2 amide bonds. The number of fused-ring (bicyclic) bond motifs is 2. The normalized spacial score (nSPS) is 13.5. The van der Waals surface area contributed by atoms with E-state index in [1.54, 1.807) is 24.3 Å². The first-order valence-electron chi connectivity index (χ1n) is 6.79. The van der Waals surface area contributed by atoms with Crippen molar-refractivity contribution < 1.29 is 19.2 Å². The van der Waals surface area contributed by atoms with Gasteiger partial charge in [0.05, 0.1) is 16.6 Å². The average molecular weight is 307 g/mol. The first-order chi connectivity index (χ1) is 11.2. The van der Waals surface area contributed by atoms with Crippen LogP contribution in [0.25, 0.3) is 11.0 Å². The molecule has 3 aromatic rings. The second-order valence-corrected chi connectivity index (χ2v) is 4.93. The number of hydrogen-bond acceptors (Lipinski definition) is 5. The Morgan fingerprint density at radius 1 is 1.04 bits per heavy atom. The summed E-state index contributed by atoms with van der Waals surface area (Å²) in [6.45, 7) is 0. The molecule has 1 aromatic carbocycles. The Bertz CT molecular complexity index is 941. The lowest BCUT2D eigenvalue weighted by Crippen LogP contribution is -2.32. The van der Waals surface area contributed by atoms with Gasteiger partial charge in [0.25, 0.3) is 11.8 Å². The van der Waals surface area contributed by atoms with E-state index < -0.39 is 17.8 Å². The SMILES string of the molecule is O=C(ON1C(=O)c2ccccc2C1=O)c1c[nH]c2cccnc12. The van der Waals surface area contributed by atoms with Crippen molar-refractivity contribution in [1.82, 2.24) is 15.0 Å². The van der Waals surface area contributed by atoms with Crippen molar-refractivity contribution in [2.45, 2.75) is 0 Å². The molecular formula is C16H9N3O4. The van der Waals surface area contributed by atoms with Crippen LogP contribution in [0.2, 0.25) is 0 Å². The maximum absolute atomic E-state index is 12.3. The number of hydrogen-bond donors (Lipinski definition) is 1. The summed E-state index contributed by atoms with van der Waals surface area (Å²) >= 11 is 0. The molecule has 0 unspecified atom stereocenters. The Hall–Kier alpha value is -3.48. The van der Waals surface area contributed by atoms with Gasteiger partial charge in [-0.15, -0.1) is 0 Å². The summed E-state index contributed by atoms with van der Waals surface area (Å²) < 4.78 is 0. The smallest absolute Gasteiger partial charge is 0.359 e. The van der Waals surface area contributed by atoms with E-state index in [2.05, 4.69) is 9.97 Å². The van der Waals surface area contributed by atoms with Crippen LogP contribution in [0.5, 0.6) is 0 Å². The molecule has 1 aliphatic rings. The fourth-order valence-corrected chi connectivity index (χ4v) is 2.49. The van der Waals surface area contributed by atoms with Gasteiger partial charge in [-0.2, -0.15) is 0 Å². The molecule has 0 atom stereocenters. The molecule has 2 aromatic heterocycles. The Morgan fingerprint density at radius 3 is 2.43 bits per heavy atom. The largest absolute Gasteiger partial charge is 0.367 e. The van der Waals surface area contributed by atoms with Crippen molar-refractivity contribution in [2.24, 2.45) is 0 Å². The van der Waals surface area contributed by atoms with Crippen LogP contribution in [0.15, 0.2) is 48.8 Å². The number of nitrogens with zero attached hydrogens (tertiary/aromatic N) is 2. The van der Waals surface area contributed by atoms with Crippen molar-refractivity contribution in [1.29, 1.82) is 0 Å². The van der Waals surface area contributed by atoms with Crippen LogP contribution in [0, 0.1) is 0 Å². The molecule has 23 heavy (non-hydrogen) atoms. The third-order valence-corrected chi connectivity index (χ3v) is 3.59. The van der Waals surface area contributed by atoms with Gasteiger partial charge in [-0.05, 0) is 24.3 Å². The first-order valence-corrected chi connectivity index (χ1v) is 6.79. The lowest BCUT2D eigenvalue weighted by Gasteiger charge is -2.11. The van der Waals surface area contributed by atoms with Gasteiger partial charge < -0.3 is 9.82 Å². The molecule has 3 heterocycles. The fraction of sp³-hybridized carbons (Fsp3) is 0. The summed E-state index contributed by atoms with van der Waals surface area (Å²) in [5, 5.41) is 0.481. The Labute approximate surface area is 129 Å². The molecule has 1 N–H and O–H groups in total. The van der Waals surface area contributed by atoms with Crippen LogP contribution in [0.4, 0.5) is 0 Å². The van der Waals surface area contributed by atoms with Gasteiger partial charge in [0.15, 0.2) is 0 Å². The number of carbonyl (C=O) groups is 3. The minimum atomic E-state index is -0.829. The molecule has 0 saturated heterocycles. The van der Waals surface area contributed by atoms with E-state index in [0.29, 0.717) is 16.1 Å². The third-order valence-electron chi connectivity index (χ3n) is 3.59. The Morgan fingerprint density at radius 2 is 1.74 bits per heavy atom. The van der Waals surface area contributed by atoms with E-state index in [9.17, 15) is 14.4 Å². The number of H-pyrrole nitrogens is 1. The zero-order chi connectivity index (χ0) is 16.0. The molecule has 0 radical (unpaired) electrons. The van der Waals surface area contributed by atoms with Gasteiger partial charge in [0.2, 0.25) is 0 Å². The van der Waals surface area contributed by atoms with Crippen LogP contribution in [-0.2, 0) is 4.84 Å². The topological polar surface area (TPSA) is 92.4 Å². The van der Waals surface area contributed by atoms with Crippen LogP contribution < -0.4 is 0 Å². The quantitative estimate of drug-likeness (QED) is 0.730. The molecule has 0 bridgehead atoms. The molecule has 7 nitrogen and oxygen atoms in total. The highest BCUT2D eigenvalue weighted by molar-refractivity contribution is 6.21. The van der Waals surface area contributed by atoms with E-state index in [4.69, 9.17) is 4.84 Å². The summed E-state index contributed by atoms with van der Waals surface area (Å²) in [7, 11) is 0. The predicted molar refractivity (Wildman–Crippen MR) is 78.5 cm³/mol. The van der Waals surface area contributed by atoms with E-state index in [1.807, 2.05) is 0 Å². The standard InChI is InChI=1S/C16H9N3O4/c20-14-9-4-1-2-5-10(9)15(21)19(14)23-16(22)11-8-18-12-6-3-7-17-13(11)12/h1-8,18H. The predicted octanol–water partition coefficient (Wildman–Crippen LogP) is 1.93. The number of hydroxylamine groups is 2. The average Bonchev–Trinajstić information content (AvgIpc) is 3.11. The number of nitrogens with one attached hydrogen (secondary N) is 1. The maximum atomic E-state index is 12.3. The van der Waals surface area contributed by atoms with E-state index in [1.165, 1.54) is 24.5 Å². The lowest BCUT2D eigenvalue weighted by molar-refractivity contribution is -0.0583. The molecule has 0 saturated carbocycles. The van der Waals surface area contributed by atoms with Gasteiger partial charge >= 0.3 is 5.97 Å². The first kappa shape index (κ1) is 13.2. The van der Waals surface area contributed by atoms with Crippen LogP contribution in [0.3, 0.4) is 0 Å². The van der Waals surface area contributed by atoms with Crippen molar-refractivity contribution in [3.63, 3.8) is 0 Å². The summed E-state index contributed by atoms with van der Waals surface area (Å²) in [6, 6.07) is 9.77. The van der Waals surface area contributed by atoms with Gasteiger partial charge in [-0.3, -0.25) is 14.6 Å². The second-order valence-electron chi connectivity index (χ2n) is 4.93. The summed E-state index contributed by atoms with van der Waals surface area (Å²) in [5.41, 5.74) is 1.64. The van der Waals surface area contributed by atoms with Crippen molar-refractivity contribution in [2.75, 3.05) is 0 Å². The molecule has 4 rings (SSSR count). The van der Waals surface area contributed by atoms with Crippen molar-refractivity contribution >= 4 is 28.8 Å². The highest BCUT2D eigenvalue weighted by Crippen LogP contribution is 2.24. The summed E-state index contributed by atoms with van der Waals surface area (Å²) in [5.74, 6) is -2.15. The molecule has 7 heteroatoms. The number of imide groups is 1. The number of aromatic amines is 1. The number of benzene rings is 1. The van der Waals surface area contributed by atoms with Gasteiger partial charge in [-0.1, -0.05) is 17.2 Å². The maximum Gasteiger partial charge on any atom is 0.367 e. The lowest BCUT2D eigenvalue weighted by atomic mass is 10.1. The van der Waals surface area contributed by atoms with E-state index in [-0.39, 0.29) is 16.7 Å². The number of aromatic nitrogens is 2. The third kappa shape index (κ3) is 1.90. The second kappa shape index (κ2) is 4.77. The number of rotatable bonds is 2. The van der Waals surface area contributed by atoms with Gasteiger partial charge in [0, 0.05) is 12.4 Å². The summed E-state index contributed by atoms with van der Waals surface area (Å²) in [6.07, 6.45) is 2.97. The van der Waals surface area contributed by atoms with Crippen LogP contribution in [0.1, 0.15) is 31.1 Å². The Kier molecular flexibility index (Phi) is 2.74. The number of pyridine rings is 1. The van der Waals surface area contributed by atoms with E-state index in [0.717, 1.165) is 0 Å². The zero-order valence-corrected chi connectivity index (χ0v) is 11.6. The number of carbonyl (C=O) groups excluding carboxylic acids is 3.